The van der Waals surface area contributed by atoms with Crippen LogP contribution in [0.15, 0.2) is 97.3 Å². The maximum absolute atomic E-state index is 12.6. The summed E-state index contributed by atoms with van der Waals surface area (Å²) in [4.78, 5) is 57.6. The van der Waals surface area contributed by atoms with Gasteiger partial charge in [-0.2, -0.15) is 9.97 Å². The summed E-state index contributed by atoms with van der Waals surface area (Å²) < 4.78 is 31.9. The molecule has 2 saturated carbocycles. The van der Waals surface area contributed by atoms with Crippen molar-refractivity contribution < 1.29 is 38.4 Å². The number of halogens is 3. The first-order chi connectivity index (χ1) is 38.5. The van der Waals surface area contributed by atoms with Crippen LogP contribution in [0.3, 0.4) is 0 Å². The average Bonchev–Trinajstić information content (AvgIpc) is 4.50. The van der Waals surface area contributed by atoms with Crippen molar-refractivity contribution in [2.75, 3.05) is 57.5 Å². The number of carbonyl (C=O) groups is 2. The minimum atomic E-state index is 0.0940. The smallest absolute Gasteiger partial charge is 0.369 e. The van der Waals surface area contributed by atoms with Crippen molar-refractivity contribution in [3.63, 3.8) is 0 Å². The zero-order valence-electron chi connectivity index (χ0n) is 42.9. The number of fused-ring (bicyclic) bond motifs is 4. The molecule has 2 aliphatic carbocycles. The van der Waals surface area contributed by atoms with E-state index in [-0.39, 0.29) is 52.3 Å². The van der Waals surface area contributed by atoms with Crippen molar-refractivity contribution in [3.8, 4) is 68.9 Å². The van der Waals surface area contributed by atoms with E-state index in [4.69, 9.17) is 43.6 Å². The van der Waals surface area contributed by atoms with Gasteiger partial charge >= 0.3 is 3.18 Å². The van der Waals surface area contributed by atoms with Gasteiger partial charge in [-0.3, -0.25) is 18.7 Å². The van der Waals surface area contributed by atoms with E-state index in [0.29, 0.717) is 76.9 Å². The Bertz CT molecular complexity index is 3580. The number of methoxy groups -OCH3 is 1. The number of aromatic hydroxyl groups is 1. The fourth-order valence-corrected chi connectivity index (χ4v) is 10.4. The third-order valence-corrected chi connectivity index (χ3v) is 14.5. The van der Waals surface area contributed by atoms with Crippen LogP contribution in [0, 0.1) is 11.8 Å². The van der Waals surface area contributed by atoms with Crippen LogP contribution in [-0.4, -0.2) is 128 Å². The van der Waals surface area contributed by atoms with Crippen molar-refractivity contribution in [1.29, 1.82) is 0 Å². The summed E-state index contributed by atoms with van der Waals surface area (Å²) in [5.74, 6) is 8.38. The molecule has 0 radical (unpaired) electrons. The second-order valence-corrected chi connectivity index (χ2v) is 26.4. The van der Waals surface area contributed by atoms with Gasteiger partial charge in [-0.15, -0.1) is 47.3 Å². The van der Waals surface area contributed by atoms with E-state index < -0.39 is 0 Å². The van der Waals surface area contributed by atoms with E-state index in [1.165, 1.54) is 0 Å². The lowest BCUT2D eigenvalue weighted by molar-refractivity contribution is -0.134. The minimum Gasteiger partial charge on any atom is -0.508 e. The molecule has 0 spiro atoms. The third kappa shape index (κ3) is 11.8. The van der Waals surface area contributed by atoms with Crippen molar-refractivity contribution >= 4 is 96.2 Å². The Morgan fingerprint density at radius 3 is 1.54 bits per heavy atom. The Hall–Kier alpha value is -7.18. The van der Waals surface area contributed by atoms with Gasteiger partial charge < -0.3 is 49.2 Å². The SMILES string of the molecule is BrB(Br)Br.COc1ccc2c(c1)nc(-c1ccc3c(c1)OCO3)n2-c1ccnc(NC2CCCN(C(=O)C3CC3)C2)n1.O=C(C1CC1)N1CCCC(Nc2nccc(-n3c(-c4ccc5c(c4)OCO5)nc4cc(O)ccc43)n2)C1. The van der Waals surface area contributed by atoms with Crippen LogP contribution in [0.5, 0.6) is 34.5 Å². The molecule has 2 amide bonds. The van der Waals surface area contributed by atoms with Crippen molar-refractivity contribution in [2.45, 2.75) is 63.5 Å². The van der Waals surface area contributed by atoms with Crippen LogP contribution in [0.4, 0.5) is 11.9 Å². The van der Waals surface area contributed by atoms with Crippen LogP contribution in [0.1, 0.15) is 51.4 Å². The van der Waals surface area contributed by atoms with Crippen LogP contribution >= 0.6 is 47.3 Å². The molecule has 4 aromatic carbocycles. The summed E-state index contributed by atoms with van der Waals surface area (Å²) in [6.07, 6.45) is 11.4. The molecule has 2 saturated heterocycles. The molecule has 24 heteroatoms. The summed E-state index contributed by atoms with van der Waals surface area (Å²) in [5, 5.41) is 17.0. The van der Waals surface area contributed by atoms with Crippen LogP contribution in [-0.2, 0) is 9.59 Å². The maximum atomic E-state index is 12.6. The van der Waals surface area contributed by atoms with Gasteiger partial charge in [0.25, 0.3) is 0 Å². The molecule has 0 bridgehead atoms. The Morgan fingerprint density at radius 1 is 0.595 bits per heavy atom. The van der Waals surface area contributed by atoms with Gasteiger partial charge in [0.1, 0.15) is 34.8 Å². The van der Waals surface area contributed by atoms with E-state index in [0.717, 1.165) is 104 Å². The van der Waals surface area contributed by atoms with Gasteiger partial charge in [-0.25, -0.2) is 19.9 Å². The van der Waals surface area contributed by atoms with E-state index in [1.54, 1.807) is 31.6 Å². The molecule has 79 heavy (non-hydrogen) atoms. The standard InChI is InChI=1S/C28H28N6O4.C27H26N6O4.BBr3/c1-36-20-7-8-22-21(14-20)31-26(18-6-9-23-24(13-18)38-16-37-23)34(22)25-10-11-29-28(32-25)30-19-3-2-12-33(15-19)27(35)17-4-5-17;34-19-6-7-21-20(13-19)30-25(17-5-8-22-23(12-17)37-15-36-22)33(21)24-9-10-28-27(31-24)29-18-2-1-11-32(14-18)26(35)16-3-4-16;2-1(3)4/h6-11,13-14,17,19H,2-5,12,15-16H2,1H3,(H,29,30,32);5-10,12-13,16,18,34H,1-4,11,14-15H2,(H,28,29,31);. The fraction of sp³-hybridized carbons (Fsp3) is 0.345. The topological polar surface area (TPSA) is 218 Å². The first-order valence-electron chi connectivity index (χ1n) is 26.3. The number of hydrogen-bond acceptors (Lipinski definition) is 16. The Labute approximate surface area is 479 Å². The zero-order chi connectivity index (χ0) is 54.1. The number of phenolic OH excluding ortho intramolecular Hbond substituents is 1. The predicted molar refractivity (Wildman–Crippen MR) is 309 cm³/mol. The number of nitrogens with one attached hydrogen (secondary N) is 2. The molecular formula is C55H54BBr3N12O8. The van der Waals surface area contributed by atoms with E-state index in [9.17, 15) is 14.7 Å². The van der Waals surface area contributed by atoms with E-state index in [2.05, 4.69) is 67.9 Å². The maximum Gasteiger partial charge on any atom is 0.369 e. The minimum absolute atomic E-state index is 0.0940. The molecule has 6 aliphatic rings. The number of carbonyl (C=O) groups excluding carboxylic acids is 2. The number of phenols is 1. The summed E-state index contributed by atoms with van der Waals surface area (Å²) in [6, 6.07) is 26.3. The van der Waals surface area contributed by atoms with Crippen LogP contribution < -0.4 is 34.3 Å². The number of benzene rings is 4. The van der Waals surface area contributed by atoms with Gasteiger partial charge in [0.15, 0.2) is 23.0 Å². The Balaban J connectivity index is 0.000000148. The highest BCUT2D eigenvalue weighted by Gasteiger charge is 2.37. The predicted octanol–water partition coefficient (Wildman–Crippen LogP) is 9.92. The largest absolute Gasteiger partial charge is 0.508 e. The van der Waals surface area contributed by atoms with E-state index >= 15 is 0 Å². The molecule has 8 heterocycles. The van der Waals surface area contributed by atoms with Gasteiger partial charge in [-0.1, -0.05) is 0 Å². The second kappa shape index (κ2) is 22.9. The quantitative estimate of drug-likeness (QED) is 0.103. The third-order valence-electron chi connectivity index (χ3n) is 14.5. The van der Waals surface area contributed by atoms with Gasteiger partial charge in [0.2, 0.25) is 37.3 Å². The highest BCUT2D eigenvalue weighted by molar-refractivity contribution is 9.69. The molecule has 2 unspecified atom stereocenters. The van der Waals surface area contributed by atoms with Crippen LogP contribution in [0.2, 0.25) is 0 Å². The Kier molecular flexibility index (Phi) is 15.2. The first kappa shape index (κ1) is 52.5. The second-order valence-electron chi connectivity index (χ2n) is 20.0. The van der Waals surface area contributed by atoms with Crippen molar-refractivity contribution in [1.82, 2.24) is 48.8 Å². The summed E-state index contributed by atoms with van der Waals surface area (Å²) in [5.41, 5.74) is 4.82. The summed E-state index contributed by atoms with van der Waals surface area (Å²) in [7, 11) is 1.64. The zero-order valence-corrected chi connectivity index (χ0v) is 47.7. The molecule has 14 rings (SSSR count). The average molecular weight is 1260 g/mol. The number of aromatic nitrogens is 8. The molecule has 406 valence electrons. The molecule has 4 fully saturated rings. The molecule has 2 atom stereocenters. The normalized spacial score (nSPS) is 18.1. The number of ether oxygens (including phenoxy) is 5. The lowest BCUT2D eigenvalue weighted by atomic mass is 10.1. The molecular weight excluding hydrogens is 1210 g/mol. The van der Waals surface area contributed by atoms with Gasteiger partial charge in [0, 0.05) is 85.8 Å². The summed E-state index contributed by atoms with van der Waals surface area (Å²) >= 11 is 9.31. The van der Waals surface area contributed by atoms with Crippen LogP contribution in [0.25, 0.3) is 56.5 Å². The lowest BCUT2D eigenvalue weighted by Crippen LogP contribution is -2.45. The van der Waals surface area contributed by atoms with Crippen molar-refractivity contribution in [2.24, 2.45) is 11.8 Å². The van der Waals surface area contributed by atoms with E-state index in [1.807, 2.05) is 91.7 Å². The molecule has 3 N–H and O–H groups in total. The summed E-state index contributed by atoms with van der Waals surface area (Å²) in [6.45, 7) is 3.39. The number of piperidine rings is 2. The fourth-order valence-electron chi connectivity index (χ4n) is 10.4. The lowest BCUT2D eigenvalue weighted by Gasteiger charge is -2.33. The van der Waals surface area contributed by atoms with Gasteiger partial charge in [-0.05, 0) is 124 Å². The number of nitrogens with zero attached hydrogens (tertiary/aromatic N) is 10. The molecule has 8 aromatic rings. The highest BCUT2D eigenvalue weighted by Crippen LogP contribution is 2.40. The van der Waals surface area contributed by atoms with Gasteiger partial charge in [0.05, 0.1) is 29.2 Å². The molecule has 20 nitrogen and oxygen atoms in total. The monoisotopic (exact) mass is 1260 g/mol. The number of hydrogen-bond donors (Lipinski definition) is 3. The number of amides is 2. The number of rotatable bonds is 11. The highest BCUT2D eigenvalue weighted by atomic mass is 79.9. The molecule has 4 aromatic heterocycles. The Morgan fingerprint density at radius 2 is 1.06 bits per heavy atom. The first-order valence-corrected chi connectivity index (χ1v) is 29.0. The molecule has 4 aliphatic heterocycles. The number of likely N-dealkylation sites (tertiary alicyclic amines) is 2. The number of imidazole rings is 2. The number of anilines is 2. The van der Waals surface area contributed by atoms with Crippen molar-refractivity contribution in [3.05, 3.63) is 97.3 Å².